The van der Waals surface area contributed by atoms with E-state index in [9.17, 15) is 0 Å². The van der Waals surface area contributed by atoms with Crippen molar-refractivity contribution in [2.45, 2.75) is 13.5 Å². The van der Waals surface area contributed by atoms with Gasteiger partial charge < -0.3 is 31.0 Å². The molecule has 0 aliphatic heterocycles. The van der Waals surface area contributed by atoms with E-state index in [0.29, 0.717) is 40.6 Å². The van der Waals surface area contributed by atoms with Crippen LogP contribution in [0.25, 0.3) is 11.0 Å². The van der Waals surface area contributed by atoms with Crippen LogP contribution >= 0.6 is 0 Å². The van der Waals surface area contributed by atoms with Crippen molar-refractivity contribution in [2.24, 2.45) is 0 Å². The zero-order valence-electron chi connectivity index (χ0n) is 15.7. The van der Waals surface area contributed by atoms with E-state index in [1.807, 2.05) is 19.1 Å². The second-order valence-electron chi connectivity index (χ2n) is 5.85. The van der Waals surface area contributed by atoms with Crippen LogP contribution in [0.5, 0.6) is 17.2 Å². The van der Waals surface area contributed by atoms with Gasteiger partial charge in [0.25, 0.3) is 0 Å². The lowest BCUT2D eigenvalue weighted by molar-refractivity contribution is 0.324. The van der Waals surface area contributed by atoms with E-state index in [-0.39, 0.29) is 5.95 Å². The first-order chi connectivity index (χ1) is 13.0. The molecular weight excluding hydrogens is 348 g/mol. The number of nitrogens with one attached hydrogen (secondary N) is 1. The van der Waals surface area contributed by atoms with Gasteiger partial charge in [-0.05, 0) is 30.2 Å². The van der Waals surface area contributed by atoms with E-state index >= 15 is 0 Å². The average Bonchev–Trinajstić information content (AvgIpc) is 2.65. The monoisotopic (exact) mass is 370 g/mol. The summed E-state index contributed by atoms with van der Waals surface area (Å²) in [6.45, 7) is 2.44. The fourth-order valence-corrected chi connectivity index (χ4v) is 2.91. The molecular formula is C18H22N6O3. The third-order valence-corrected chi connectivity index (χ3v) is 4.24. The summed E-state index contributed by atoms with van der Waals surface area (Å²) < 4.78 is 16.1. The van der Waals surface area contributed by atoms with Crippen molar-refractivity contribution < 1.29 is 14.2 Å². The number of nitrogen functional groups attached to an aromatic ring is 2. The van der Waals surface area contributed by atoms with Crippen LogP contribution in [0.1, 0.15) is 11.1 Å². The quantitative estimate of drug-likeness (QED) is 0.597. The first kappa shape index (κ1) is 18.3. The number of hydrogen-bond acceptors (Lipinski definition) is 9. The van der Waals surface area contributed by atoms with Crippen molar-refractivity contribution in [2.75, 3.05) is 38.1 Å². The molecule has 2 heterocycles. The summed E-state index contributed by atoms with van der Waals surface area (Å²) in [6.07, 6.45) is 1.70. The summed E-state index contributed by atoms with van der Waals surface area (Å²) in [4.78, 5) is 12.5. The number of nitrogens with zero attached hydrogens (tertiary/aromatic N) is 3. The van der Waals surface area contributed by atoms with Gasteiger partial charge in [-0.3, -0.25) is 0 Å². The highest BCUT2D eigenvalue weighted by atomic mass is 16.5. The number of fused-ring (bicyclic) bond motifs is 1. The molecule has 2 aromatic heterocycles. The lowest BCUT2D eigenvalue weighted by Crippen LogP contribution is -2.07. The molecule has 1 aromatic carbocycles. The summed E-state index contributed by atoms with van der Waals surface area (Å²) in [5.41, 5.74) is 14.8. The van der Waals surface area contributed by atoms with Crippen molar-refractivity contribution in [1.82, 2.24) is 15.0 Å². The van der Waals surface area contributed by atoms with Crippen LogP contribution in [0, 0.1) is 6.92 Å². The molecule has 0 fully saturated rings. The van der Waals surface area contributed by atoms with E-state index in [2.05, 4.69) is 20.3 Å². The number of anilines is 3. The fourth-order valence-electron chi connectivity index (χ4n) is 2.91. The van der Waals surface area contributed by atoms with E-state index in [1.54, 1.807) is 27.5 Å². The molecule has 0 saturated carbocycles. The maximum atomic E-state index is 6.00. The van der Waals surface area contributed by atoms with Gasteiger partial charge >= 0.3 is 0 Å². The van der Waals surface area contributed by atoms with Crippen molar-refractivity contribution in [1.29, 1.82) is 0 Å². The molecule has 0 aliphatic rings. The van der Waals surface area contributed by atoms with Gasteiger partial charge in [-0.15, -0.1) is 0 Å². The maximum Gasteiger partial charge on any atom is 0.224 e. The predicted molar refractivity (Wildman–Crippen MR) is 104 cm³/mol. The van der Waals surface area contributed by atoms with Crippen LogP contribution < -0.4 is 31.0 Å². The maximum absolute atomic E-state index is 6.00. The Balaban J connectivity index is 1.92. The lowest BCUT2D eigenvalue weighted by atomic mass is 10.1. The Hall–Kier alpha value is -3.49. The summed E-state index contributed by atoms with van der Waals surface area (Å²) in [5, 5.41) is 4.03. The van der Waals surface area contributed by atoms with Gasteiger partial charge in [-0.25, -0.2) is 4.98 Å². The van der Waals surface area contributed by atoms with E-state index in [4.69, 9.17) is 25.7 Å². The lowest BCUT2D eigenvalue weighted by Gasteiger charge is -2.16. The van der Waals surface area contributed by atoms with Gasteiger partial charge in [0.15, 0.2) is 17.1 Å². The molecule has 5 N–H and O–H groups in total. The third kappa shape index (κ3) is 3.43. The normalized spacial score (nSPS) is 10.7. The van der Waals surface area contributed by atoms with Crippen LogP contribution in [0.2, 0.25) is 0 Å². The Morgan fingerprint density at radius 1 is 1.00 bits per heavy atom. The second kappa shape index (κ2) is 7.40. The minimum Gasteiger partial charge on any atom is -0.493 e. The van der Waals surface area contributed by atoms with Gasteiger partial charge in [0.05, 0.1) is 38.6 Å². The van der Waals surface area contributed by atoms with E-state index in [1.165, 1.54) is 0 Å². The number of aryl methyl sites for hydroxylation is 1. The molecule has 9 nitrogen and oxygen atoms in total. The molecule has 0 atom stereocenters. The van der Waals surface area contributed by atoms with Gasteiger partial charge in [0.1, 0.15) is 5.82 Å². The first-order valence-electron chi connectivity index (χ1n) is 8.19. The Labute approximate surface area is 156 Å². The highest BCUT2D eigenvalue weighted by Crippen LogP contribution is 2.38. The molecule has 9 heteroatoms. The molecule has 0 bridgehead atoms. The molecule has 0 radical (unpaired) electrons. The molecule has 0 spiro atoms. The van der Waals surface area contributed by atoms with Crippen LogP contribution in [0.15, 0.2) is 18.3 Å². The fraction of sp³-hybridized carbons (Fsp3) is 0.278. The Morgan fingerprint density at radius 2 is 1.67 bits per heavy atom. The standard InChI is InChI=1S/C18H22N6O3/c1-9-11(8-22-17-14(9)16(19)23-18(20)24-17)21-7-10-5-12(25-2)15(27-4)13(6-10)26-3/h5-6,8,21H,7H2,1-4H3,(H4,19,20,22,23,24). The van der Waals surface area contributed by atoms with E-state index in [0.717, 1.165) is 16.8 Å². The molecule has 3 rings (SSSR count). The molecule has 27 heavy (non-hydrogen) atoms. The summed E-state index contributed by atoms with van der Waals surface area (Å²) in [5.74, 6) is 2.14. The molecule has 0 saturated heterocycles. The molecule has 3 aromatic rings. The third-order valence-electron chi connectivity index (χ3n) is 4.24. The van der Waals surface area contributed by atoms with Crippen molar-refractivity contribution in [3.8, 4) is 17.2 Å². The van der Waals surface area contributed by atoms with Gasteiger partial charge in [-0.1, -0.05) is 0 Å². The smallest absolute Gasteiger partial charge is 0.224 e. The molecule has 0 aliphatic carbocycles. The summed E-state index contributed by atoms with van der Waals surface area (Å²) in [7, 11) is 4.74. The van der Waals surface area contributed by atoms with E-state index < -0.39 is 0 Å². The number of ether oxygens (including phenoxy) is 3. The van der Waals surface area contributed by atoms with Gasteiger partial charge in [0, 0.05) is 6.54 Å². The Morgan fingerprint density at radius 3 is 2.26 bits per heavy atom. The number of aromatic nitrogens is 3. The second-order valence-corrected chi connectivity index (χ2v) is 5.85. The molecule has 0 unspecified atom stereocenters. The topological polar surface area (TPSA) is 130 Å². The zero-order valence-corrected chi connectivity index (χ0v) is 15.7. The Bertz CT molecular complexity index is 967. The predicted octanol–water partition coefficient (Wildman–Crippen LogP) is 2.14. The van der Waals surface area contributed by atoms with Crippen molar-refractivity contribution >= 4 is 28.5 Å². The molecule has 142 valence electrons. The number of nitrogens with two attached hydrogens (primary N) is 2. The van der Waals surface area contributed by atoms with Gasteiger partial charge in [0.2, 0.25) is 11.7 Å². The van der Waals surface area contributed by atoms with Crippen LogP contribution in [-0.2, 0) is 6.54 Å². The number of rotatable bonds is 6. The Kier molecular flexibility index (Phi) is 5.02. The van der Waals surface area contributed by atoms with Crippen molar-refractivity contribution in [3.05, 3.63) is 29.5 Å². The number of pyridine rings is 1. The molecule has 0 amide bonds. The summed E-state index contributed by atoms with van der Waals surface area (Å²) in [6, 6.07) is 3.77. The average molecular weight is 370 g/mol. The van der Waals surface area contributed by atoms with Crippen LogP contribution in [0.4, 0.5) is 17.5 Å². The minimum atomic E-state index is 0.102. The van der Waals surface area contributed by atoms with Crippen LogP contribution in [0.3, 0.4) is 0 Å². The van der Waals surface area contributed by atoms with Crippen molar-refractivity contribution in [3.63, 3.8) is 0 Å². The number of benzene rings is 1. The zero-order chi connectivity index (χ0) is 19.6. The number of hydrogen-bond donors (Lipinski definition) is 3. The van der Waals surface area contributed by atoms with Crippen LogP contribution in [-0.4, -0.2) is 36.3 Å². The largest absolute Gasteiger partial charge is 0.493 e. The summed E-state index contributed by atoms with van der Waals surface area (Å²) >= 11 is 0. The van der Waals surface area contributed by atoms with Gasteiger partial charge in [-0.2, -0.15) is 9.97 Å². The SMILES string of the molecule is COc1cc(CNc2cnc3nc(N)nc(N)c3c2C)cc(OC)c1OC. The highest BCUT2D eigenvalue weighted by molar-refractivity contribution is 5.92. The minimum absolute atomic E-state index is 0.102. The highest BCUT2D eigenvalue weighted by Gasteiger charge is 2.14. The number of methoxy groups -OCH3 is 3. The first-order valence-corrected chi connectivity index (χ1v) is 8.19.